The average Bonchev–Trinajstić information content (AvgIpc) is 3.37. The fourth-order valence-corrected chi connectivity index (χ4v) is 4.35. The first-order chi connectivity index (χ1) is 18.5. The molecule has 38 heavy (non-hydrogen) atoms. The van der Waals surface area contributed by atoms with Crippen molar-refractivity contribution in [1.82, 2.24) is 19.9 Å². The first kappa shape index (κ1) is 25.3. The zero-order valence-corrected chi connectivity index (χ0v) is 21.0. The largest absolute Gasteiger partial charge is 0.494 e. The molecule has 1 saturated heterocycles. The van der Waals surface area contributed by atoms with Crippen molar-refractivity contribution < 1.29 is 14.2 Å². The van der Waals surface area contributed by atoms with Crippen LogP contribution in [0, 0.1) is 0 Å². The normalized spacial score (nSPS) is 14.5. The number of alkyl halides is 1. The number of hydrogen-bond donors (Lipinski definition) is 6. The molecule has 1 fully saturated rings. The lowest BCUT2D eigenvalue weighted by Crippen LogP contribution is -2.55. The Morgan fingerprint density at radius 1 is 1.16 bits per heavy atom. The monoisotopic (exact) mass is 518 g/mol. The van der Waals surface area contributed by atoms with Crippen LogP contribution >= 0.6 is 0 Å². The van der Waals surface area contributed by atoms with Gasteiger partial charge in [0.1, 0.15) is 30.1 Å². The zero-order valence-electron chi connectivity index (χ0n) is 21.0. The van der Waals surface area contributed by atoms with Gasteiger partial charge in [0.05, 0.1) is 24.2 Å². The molecule has 1 aliphatic heterocycles. The van der Waals surface area contributed by atoms with Crippen LogP contribution in [0.1, 0.15) is 0 Å². The maximum absolute atomic E-state index is 12.5. The summed E-state index contributed by atoms with van der Waals surface area (Å²) in [4.78, 5) is 14.5. The molecular formula is C27H31FN8O2. The molecule has 0 saturated carbocycles. The molecule has 0 spiro atoms. The summed E-state index contributed by atoms with van der Waals surface area (Å²) in [5, 5.41) is 23.7. The number of rotatable bonds is 12. The quantitative estimate of drug-likeness (QED) is 0.119. The maximum Gasteiger partial charge on any atom is 0.231 e. The van der Waals surface area contributed by atoms with E-state index in [4.69, 9.17) is 9.72 Å². The van der Waals surface area contributed by atoms with E-state index in [1.54, 1.807) is 7.11 Å². The number of aromatic amines is 1. The number of likely N-dealkylation sites (tertiary alicyclic amines) is 1. The number of nitrogens with zero attached hydrogens (tertiary/aromatic N) is 3. The summed E-state index contributed by atoms with van der Waals surface area (Å²) < 4.78 is 18.1. The molecule has 0 aliphatic carbocycles. The Bertz CT molecular complexity index is 1410. The molecule has 5 rings (SSSR count). The third kappa shape index (κ3) is 5.79. The number of methoxy groups -OCH3 is 1. The summed E-state index contributed by atoms with van der Waals surface area (Å²) in [6.07, 6.45) is 2.37. The van der Waals surface area contributed by atoms with E-state index < -0.39 is 6.23 Å². The van der Waals surface area contributed by atoms with Crippen molar-refractivity contribution in [2.75, 3.05) is 54.7 Å². The van der Waals surface area contributed by atoms with Crippen LogP contribution in [0.2, 0.25) is 0 Å². The van der Waals surface area contributed by atoms with Gasteiger partial charge in [-0.2, -0.15) is 9.97 Å². The van der Waals surface area contributed by atoms with E-state index in [0.29, 0.717) is 35.4 Å². The number of halogens is 1. The molecule has 198 valence electrons. The van der Waals surface area contributed by atoms with Gasteiger partial charge in [0, 0.05) is 49.0 Å². The van der Waals surface area contributed by atoms with Crippen LogP contribution in [0.5, 0.6) is 5.75 Å². The van der Waals surface area contributed by atoms with Crippen molar-refractivity contribution in [3.8, 4) is 5.75 Å². The molecule has 11 heteroatoms. The van der Waals surface area contributed by atoms with Crippen LogP contribution in [-0.2, 0) is 0 Å². The Morgan fingerprint density at radius 3 is 2.79 bits per heavy atom. The second-order valence-corrected chi connectivity index (χ2v) is 9.00. The van der Waals surface area contributed by atoms with Gasteiger partial charge in [-0.15, -0.1) is 0 Å². The molecule has 6 N–H and O–H groups in total. The van der Waals surface area contributed by atoms with Gasteiger partial charge in [0.2, 0.25) is 5.95 Å². The third-order valence-corrected chi connectivity index (χ3v) is 6.26. The smallest absolute Gasteiger partial charge is 0.231 e. The summed E-state index contributed by atoms with van der Waals surface area (Å²) in [5.74, 6) is 1.64. The van der Waals surface area contributed by atoms with Crippen molar-refractivity contribution in [1.29, 1.82) is 0 Å². The lowest BCUT2D eigenvalue weighted by molar-refractivity contribution is 0.150. The third-order valence-electron chi connectivity index (χ3n) is 6.26. The van der Waals surface area contributed by atoms with Gasteiger partial charge in [0.25, 0.3) is 0 Å². The Hall–Kier alpha value is -4.35. The predicted molar refractivity (Wildman–Crippen MR) is 150 cm³/mol. The van der Waals surface area contributed by atoms with Gasteiger partial charge in [-0.3, -0.25) is 4.90 Å². The number of fused-ring (bicyclic) bond motifs is 1. The van der Waals surface area contributed by atoms with Crippen molar-refractivity contribution >= 4 is 45.5 Å². The van der Waals surface area contributed by atoms with Crippen LogP contribution in [0.3, 0.4) is 0 Å². The van der Waals surface area contributed by atoms with Gasteiger partial charge in [-0.1, -0.05) is 12.6 Å². The van der Waals surface area contributed by atoms with E-state index in [1.807, 2.05) is 54.7 Å². The van der Waals surface area contributed by atoms with Crippen LogP contribution in [0.15, 0.2) is 67.4 Å². The lowest BCUT2D eigenvalue weighted by Gasteiger charge is -2.39. The molecule has 0 radical (unpaired) electrons. The summed E-state index contributed by atoms with van der Waals surface area (Å²) in [6.45, 7) is 5.38. The number of aromatic nitrogens is 3. The molecule has 0 bridgehead atoms. The molecule has 4 aromatic rings. The van der Waals surface area contributed by atoms with E-state index in [2.05, 4.69) is 42.7 Å². The fourth-order valence-electron chi connectivity index (χ4n) is 4.35. The van der Waals surface area contributed by atoms with E-state index in [1.165, 1.54) is 6.08 Å². The average molecular weight is 519 g/mol. The SMILES string of the molecule is C=CC(O)Nc1cccc(Nc2nc(Nc3ccc(NC4CN(CCF)C4)cc3OC)nc3[nH]ccc23)c1. The predicted octanol–water partition coefficient (Wildman–Crippen LogP) is 4.44. The second kappa shape index (κ2) is 11.4. The zero-order chi connectivity index (χ0) is 26.5. The van der Waals surface area contributed by atoms with Crippen molar-refractivity contribution in [2.24, 2.45) is 0 Å². The number of nitrogens with one attached hydrogen (secondary N) is 5. The summed E-state index contributed by atoms with van der Waals surface area (Å²) in [5.41, 5.74) is 3.83. The molecule has 2 aromatic carbocycles. The molecule has 1 atom stereocenters. The molecular weight excluding hydrogens is 487 g/mol. The molecule has 1 aliphatic rings. The number of aliphatic hydroxyl groups excluding tert-OH is 1. The highest BCUT2D eigenvalue weighted by Crippen LogP contribution is 2.32. The molecule has 0 amide bonds. The lowest BCUT2D eigenvalue weighted by atomic mass is 10.1. The maximum atomic E-state index is 12.5. The van der Waals surface area contributed by atoms with Crippen LogP contribution in [0.4, 0.5) is 38.9 Å². The molecule has 3 heterocycles. The number of aliphatic hydroxyl groups is 1. The second-order valence-electron chi connectivity index (χ2n) is 9.00. The Kier molecular flexibility index (Phi) is 7.57. The Labute approximate surface area is 219 Å². The minimum absolute atomic E-state index is 0.283. The van der Waals surface area contributed by atoms with E-state index in [0.717, 1.165) is 35.5 Å². The van der Waals surface area contributed by atoms with E-state index in [-0.39, 0.29) is 12.7 Å². The highest BCUT2D eigenvalue weighted by atomic mass is 19.1. The van der Waals surface area contributed by atoms with Gasteiger partial charge < -0.3 is 36.1 Å². The van der Waals surface area contributed by atoms with Crippen molar-refractivity contribution in [3.63, 3.8) is 0 Å². The first-order valence-electron chi connectivity index (χ1n) is 12.3. The topological polar surface area (TPSA) is 122 Å². The number of H-pyrrole nitrogens is 1. The molecule has 10 nitrogen and oxygen atoms in total. The minimum Gasteiger partial charge on any atom is -0.494 e. The van der Waals surface area contributed by atoms with Crippen LogP contribution in [-0.4, -0.2) is 70.6 Å². The number of anilines is 6. The van der Waals surface area contributed by atoms with Crippen molar-refractivity contribution in [2.45, 2.75) is 12.3 Å². The van der Waals surface area contributed by atoms with Crippen LogP contribution < -0.4 is 26.0 Å². The summed E-state index contributed by atoms with van der Waals surface area (Å²) in [7, 11) is 1.61. The first-order valence-corrected chi connectivity index (χ1v) is 12.3. The fraction of sp³-hybridized carbons (Fsp3) is 0.259. The highest BCUT2D eigenvalue weighted by Gasteiger charge is 2.26. The summed E-state index contributed by atoms with van der Waals surface area (Å²) >= 11 is 0. The number of benzene rings is 2. The molecule has 1 unspecified atom stereocenters. The number of ether oxygens (including phenoxy) is 1. The van der Waals surface area contributed by atoms with Gasteiger partial charge in [-0.25, -0.2) is 4.39 Å². The van der Waals surface area contributed by atoms with Crippen molar-refractivity contribution in [3.05, 3.63) is 67.4 Å². The standard InChI is InChI=1S/C27H31FN8O2/c1-3-24(37)31-17-5-4-6-18(13-17)32-26-21-9-11-29-25(21)34-27(35-26)33-22-8-7-19(14-23(22)38-2)30-20-15-36(16-20)12-10-28/h3-9,11,13-14,20,24,30-31,37H,1,10,12,15-16H2,2H3,(H3,29,32,33,34,35). The minimum atomic E-state index is -0.849. The van der Waals surface area contributed by atoms with Gasteiger partial charge in [0.15, 0.2) is 0 Å². The Balaban J connectivity index is 1.34. The van der Waals surface area contributed by atoms with Gasteiger partial charge >= 0.3 is 0 Å². The number of hydrogen-bond acceptors (Lipinski definition) is 9. The molecule has 2 aromatic heterocycles. The Morgan fingerprint density at radius 2 is 2.00 bits per heavy atom. The van der Waals surface area contributed by atoms with E-state index in [9.17, 15) is 9.50 Å². The van der Waals surface area contributed by atoms with Crippen LogP contribution in [0.25, 0.3) is 11.0 Å². The van der Waals surface area contributed by atoms with E-state index >= 15 is 0 Å². The van der Waals surface area contributed by atoms with Gasteiger partial charge in [-0.05, 0) is 42.5 Å². The highest BCUT2D eigenvalue weighted by molar-refractivity contribution is 5.90. The summed E-state index contributed by atoms with van der Waals surface area (Å²) in [6, 6.07) is 15.5.